The van der Waals surface area contributed by atoms with Crippen LogP contribution < -0.4 is 0 Å². The van der Waals surface area contributed by atoms with Gasteiger partial charge >= 0.3 is 0 Å². The Kier molecular flexibility index (Phi) is 4.78. The number of rotatable bonds is 4. The van der Waals surface area contributed by atoms with E-state index in [2.05, 4.69) is 16.8 Å². The summed E-state index contributed by atoms with van der Waals surface area (Å²) in [5.41, 5.74) is 0. The van der Waals surface area contributed by atoms with Crippen LogP contribution in [0.25, 0.3) is 0 Å². The molecule has 0 unspecified atom stereocenters. The number of ether oxygens (including phenoxy) is 1. The van der Waals surface area contributed by atoms with Crippen LogP contribution in [0.4, 0.5) is 0 Å². The summed E-state index contributed by atoms with van der Waals surface area (Å²) in [6.07, 6.45) is 5.94. The van der Waals surface area contributed by atoms with E-state index in [-0.39, 0.29) is 12.0 Å². The minimum atomic E-state index is 0.0561. The van der Waals surface area contributed by atoms with Crippen molar-refractivity contribution in [2.24, 2.45) is 13.0 Å². The Bertz CT molecular complexity index is 516. The molecule has 0 saturated carbocycles. The molecule has 1 aromatic rings. The number of hydrogen-bond acceptors (Lipinski definition) is 4. The zero-order chi connectivity index (χ0) is 15.5. The predicted molar refractivity (Wildman–Crippen MR) is 83.3 cm³/mol. The average Bonchev–Trinajstić information content (AvgIpc) is 3.07. The Labute approximate surface area is 132 Å². The Morgan fingerprint density at radius 3 is 3.00 bits per heavy atom. The van der Waals surface area contributed by atoms with Gasteiger partial charge in [-0.1, -0.05) is 0 Å². The van der Waals surface area contributed by atoms with Gasteiger partial charge in [-0.3, -0.25) is 9.69 Å². The summed E-state index contributed by atoms with van der Waals surface area (Å²) in [4.78, 5) is 20.9. The third kappa shape index (κ3) is 3.17. The number of nitrogens with zero attached hydrogens (tertiary/aromatic N) is 4. The van der Waals surface area contributed by atoms with Gasteiger partial charge in [0.2, 0.25) is 5.91 Å². The Balaban J connectivity index is 1.64. The fraction of sp³-hybridized carbons (Fsp3) is 0.750. The molecule has 0 bridgehead atoms. The molecule has 0 aromatic carbocycles. The molecule has 0 spiro atoms. The number of carbonyl (C=O) groups is 1. The molecule has 0 aliphatic carbocycles. The monoisotopic (exact) mass is 306 g/mol. The van der Waals surface area contributed by atoms with Crippen LogP contribution in [-0.4, -0.2) is 64.6 Å². The van der Waals surface area contributed by atoms with Crippen molar-refractivity contribution in [3.05, 3.63) is 18.2 Å². The number of likely N-dealkylation sites (N-methyl/N-ethyl adjacent to an activating group) is 1. The van der Waals surface area contributed by atoms with E-state index in [0.717, 1.165) is 51.5 Å². The van der Waals surface area contributed by atoms with Gasteiger partial charge in [-0.05, 0) is 19.8 Å². The molecule has 6 heteroatoms. The molecule has 1 amide bonds. The van der Waals surface area contributed by atoms with Gasteiger partial charge in [0, 0.05) is 58.1 Å². The minimum Gasteiger partial charge on any atom is -0.370 e. The van der Waals surface area contributed by atoms with Crippen LogP contribution >= 0.6 is 0 Å². The molecule has 0 radical (unpaired) electrons. The van der Waals surface area contributed by atoms with Crippen molar-refractivity contribution in [1.82, 2.24) is 19.4 Å². The van der Waals surface area contributed by atoms with E-state index >= 15 is 0 Å². The maximum atomic E-state index is 12.2. The van der Waals surface area contributed by atoms with Crippen LogP contribution in [0.2, 0.25) is 0 Å². The van der Waals surface area contributed by atoms with E-state index in [1.165, 1.54) is 0 Å². The van der Waals surface area contributed by atoms with Crippen molar-refractivity contribution in [2.75, 3.05) is 39.3 Å². The highest BCUT2D eigenvalue weighted by Gasteiger charge is 2.34. The predicted octanol–water partition coefficient (Wildman–Crippen LogP) is 1.05. The third-order valence-electron chi connectivity index (χ3n) is 4.82. The SMILES string of the molecule is CCN1CCCN(C[C@@H]2CCO[C@H]2c2nccn2C)CC1=O. The number of amides is 1. The van der Waals surface area contributed by atoms with Gasteiger partial charge in [-0.15, -0.1) is 0 Å². The van der Waals surface area contributed by atoms with E-state index in [4.69, 9.17) is 4.74 Å². The van der Waals surface area contributed by atoms with Crippen molar-refractivity contribution in [1.29, 1.82) is 0 Å². The number of carbonyl (C=O) groups excluding carboxylic acids is 1. The smallest absolute Gasteiger partial charge is 0.236 e. The lowest BCUT2D eigenvalue weighted by Crippen LogP contribution is -2.38. The van der Waals surface area contributed by atoms with E-state index < -0.39 is 0 Å². The highest BCUT2D eigenvalue weighted by Crippen LogP contribution is 2.34. The highest BCUT2D eigenvalue weighted by molar-refractivity contribution is 5.78. The zero-order valence-electron chi connectivity index (χ0n) is 13.6. The van der Waals surface area contributed by atoms with Crippen molar-refractivity contribution >= 4 is 5.91 Å². The first kappa shape index (κ1) is 15.5. The topological polar surface area (TPSA) is 50.6 Å². The maximum absolute atomic E-state index is 12.2. The molecule has 2 aliphatic heterocycles. The average molecular weight is 306 g/mol. The first-order valence-electron chi connectivity index (χ1n) is 8.28. The lowest BCUT2D eigenvalue weighted by Gasteiger charge is -2.26. The zero-order valence-corrected chi connectivity index (χ0v) is 13.6. The molecule has 22 heavy (non-hydrogen) atoms. The van der Waals surface area contributed by atoms with E-state index in [1.807, 2.05) is 28.9 Å². The molecular weight excluding hydrogens is 280 g/mol. The van der Waals surface area contributed by atoms with Crippen molar-refractivity contribution in [3.63, 3.8) is 0 Å². The van der Waals surface area contributed by atoms with E-state index in [9.17, 15) is 4.79 Å². The van der Waals surface area contributed by atoms with Gasteiger partial charge in [-0.25, -0.2) is 4.98 Å². The second kappa shape index (κ2) is 6.79. The number of hydrogen-bond donors (Lipinski definition) is 0. The lowest BCUT2D eigenvalue weighted by atomic mass is 10.00. The van der Waals surface area contributed by atoms with Gasteiger partial charge in [0.05, 0.1) is 6.54 Å². The summed E-state index contributed by atoms with van der Waals surface area (Å²) in [5.74, 6) is 1.67. The largest absolute Gasteiger partial charge is 0.370 e. The van der Waals surface area contributed by atoms with E-state index in [1.54, 1.807) is 0 Å². The minimum absolute atomic E-state index is 0.0561. The van der Waals surface area contributed by atoms with Crippen molar-refractivity contribution < 1.29 is 9.53 Å². The molecule has 3 heterocycles. The van der Waals surface area contributed by atoms with Gasteiger partial charge in [0.15, 0.2) is 0 Å². The molecule has 1 aromatic heterocycles. The maximum Gasteiger partial charge on any atom is 0.236 e. The quantitative estimate of drug-likeness (QED) is 0.834. The molecular formula is C16H26N4O2. The molecule has 2 saturated heterocycles. The van der Waals surface area contributed by atoms with Crippen LogP contribution in [-0.2, 0) is 16.6 Å². The lowest BCUT2D eigenvalue weighted by molar-refractivity contribution is -0.131. The van der Waals surface area contributed by atoms with E-state index in [0.29, 0.717) is 12.5 Å². The summed E-state index contributed by atoms with van der Waals surface area (Å²) in [6, 6.07) is 0. The van der Waals surface area contributed by atoms with Gasteiger partial charge in [-0.2, -0.15) is 0 Å². The summed E-state index contributed by atoms with van der Waals surface area (Å²) in [6.45, 7) is 6.98. The molecule has 2 atom stereocenters. The number of aromatic nitrogens is 2. The molecule has 3 rings (SSSR count). The standard InChI is InChI=1S/C16H26N4O2/c1-3-20-8-4-7-19(12-14(20)21)11-13-5-10-22-15(13)16-17-6-9-18(16)2/h6,9,13,15H,3-5,7-8,10-12H2,1-2H3/t13-,15+/m0/s1. The Hall–Kier alpha value is -1.40. The fourth-order valence-electron chi connectivity index (χ4n) is 3.56. The van der Waals surface area contributed by atoms with Crippen LogP contribution in [0.15, 0.2) is 12.4 Å². The first-order valence-corrected chi connectivity index (χ1v) is 8.28. The van der Waals surface area contributed by atoms with Gasteiger partial charge < -0.3 is 14.2 Å². The molecule has 122 valence electrons. The Morgan fingerprint density at radius 2 is 2.27 bits per heavy atom. The summed E-state index contributed by atoms with van der Waals surface area (Å²) < 4.78 is 7.96. The fourth-order valence-corrected chi connectivity index (χ4v) is 3.56. The highest BCUT2D eigenvalue weighted by atomic mass is 16.5. The van der Waals surface area contributed by atoms with Crippen LogP contribution in [0, 0.1) is 5.92 Å². The first-order chi connectivity index (χ1) is 10.7. The van der Waals surface area contributed by atoms with Crippen molar-refractivity contribution in [3.8, 4) is 0 Å². The molecule has 2 aliphatic rings. The second-order valence-corrected chi connectivity index (χ2v) is 6.30. The molecule has 2 fully saturated rings. The Morgan fingerprint density at radius 1 is 1.41 bits per heavy atom. The van der Waals surface area contributed by atoms with Gasteiger partial charge in [0.1, 0.15) is 11.9 Å². The summed E-state index contributed by atoms with van der Waals surface area (Å²) in [7, 11) is 2.01. The molecule has 0 N–H and O–H groups in total. The summed E-state index contributed by atoms with van der Waals surface area (Å²) >= 11 is 0. The number of imidazole rings is 1. The third-order valence-corrected chi connectivity index (χ3v) is 4.82. The normalized spacial score (nSPS) is 27.4. The number of aryl methyl sites for hydroxylation is 1. The second-order valence-electron chi connectivity index (χ2n) is 6.30. The van der Waals surface area contributed by atoms with Crippen LogP contribution in [0.5, 0.6) is 0 Å². The van der Waals surface area contributed by atoms with Gasteiger partial charge in [0.25, 0.3) is 0 Å². The molecule has 6 nitrogen and oxygen atoms in total. The van der Waals surface area contributed by atoms with Crippen LogP contribution in [0.3, 0.4) is 0 Å². The summed E-state index contributed by atoms with van der Waals surface area (Å²) in [5, 5.41) is 0. The van der Waals surface area contributed by atoms with Crippen molar-refractivity contribution in [2.45, 2.75) is 25.9 Å². The van der Waals surface area contributed by atoms with Crippen LogP contribution in [0.1, 0.15) is 31.7 Å².